The summed E-state index contributed by atoms with van der Waals surface area (Å²) in [5, 5.41) is 11.5. The van der Waals surface area contributed by atoms with Crippen molar-refractivity contribution in [3.8, 4) is 0 Å². The van der Waals surface area contributed by atoms with Gasteiger partial charge in [0.15, 0.2) is 12.4 Å². The van der Waals surface area contributed by atoms with Crippen molar-refractivity contribution in [2.24, 2.45) is 28.6 Å². The van der Waals surface area contributed by atoms with Gasteiger partial charge in [0, 0.05) is 24.2 Å². The van der Waals surface area contributed by atoms with E-state index in [0.29, 0.717) is 31.1 Å². The van der Waals surface area contributed by atoms with E-state index in [1.54, 1.807) is 0 Å². The Morgan fingerprint density at radius 1 is 1.24 bits per heavy atom. The minimum absolute atomic E-state index is 0.0833. The number of carbonyl (C=O) groups is 3. The van der Waals surface area contributed by atoms with Crippen LogP contribution in [0.4, 0.5) is 0 Å². The number of aliphatic hydroxyl groups is 1. The highest BCUT2D eigenvalue weighted by Gasteiger charge is 2.64. The number of rotatable bonds is 3. The highest BCUT2D eigenvalue weighted by Crippen LogP contribution is 2.66. The topological polar surface area (TPSA) is 80.7 Å². The average Bonchev–Trinajstić information content (AvgIpc) is 2.94. The van der Waals surface area contributed by atoms with Crippen molar-refractivity contribution >= 4 is 17.5 Å². The summed E-state index contributed by atoms with van der Waals surface area (Å²) in [7, 11) is 0. The van der Waals surface area contributed by atoms with Crippen molar-refractivity contribution in [1.29, 1.82) is 0 Å². The van der Waals surface area contributed by atoms with E-state index in [-0.39, 0.29) is 29.5 Å². The van der Waals surface area contributed by atoms with E-state index in [2.05, 4.69) is 19.9 Å². The number of allylic oxidation sites excluding steroid dienone is 4. The van der Waals surface area contributed by atoms with Crippen molar-refractivity contribution in [1.82, 2.24) is 0 Å². The van der Waals surface area contributed by atoms with Crippen LogP contribution in [0.2, 0.25) is 0 Å². The van der Waals surface area contributed by atoms with Gasteiger partial charge in [0.05, 0.1) is 0 Å². The summed E-state index contributed by atoms with van der Waals surface area (Å²) in [6, 6.07) is 0. The molecule has 0 heterocycles. The van der Waals surface area contributed by atoms with Crippen LogP contribution < -0.4 is 0 Å². The molecule has 5 nitrogen and oxygen atoms in total. The van der Waals surface area contributed by atoms with Gasteiger partial charge in [-0.15, -0.1) is 0 Å². The molecular weight excluding hydrogens is 368 g/mol. The van der Waals surface area contributed by atoms with Crippen LogP contribution in [0.25, 0.3) is 0 Å². The summed E-state index contributed by atoms with van der Waals surface area (Å²) < 4.78 is 4.92. The molecule has 4 aliphatic carbocycles. The Labute approximate surface area is 172 Å². The minimum atomic E-state index is -1.46. The molecule has 0 aromatic heterocycles. The van der Waals surface area contributed by atoms with Gasteiger partial charge in [0.1, 0.15) is 5.60 Å². The summed E-state index contributed by atoms with van der Waals surface area (Å²) in [6.07, 6.45) is 8.37. The summed E-state index contributed by atoms with van der Waals surface area (Å²) in [4.78, 5) is 36.1. The van der Waals surface area contributed by atoms with Crippen LogP contribution in [0.3, 0.4) is 0 Å². The molecule has 0 amide bonds. The van der Waals surface area contributed by atoms with Crippen molar-refractivity contribution < 1.29 is 24.2 Å². The molecule has 0 aromatic carbocycles. The first-order valence-electron chi connectivity index (χ1n) is 10.9. The molecule has 6 atom stereocenters. The van der Waals surface area contributed by atoms with Crippen LogP contribution in [-0.2, 0) is 19.1 Å². The largest absolute Gasteiger partial charge is 0.458 e. The predicted octanol–water partition coefficient (Wildman–Crippen LogP) is 3.55. The monoisotopic (exact) mass is 400 g/mol. The Morgan fingerprint density at radius 2 is 1.97 bits per heavy atom. The van der Waals surface area contributed by atoms with Gasteiger partial charge in [0.25, 0.3) is 0 Å². The molecule has 5 heteroatoms. The summed E-state index contributed by atoms with van der Waals surface area (Å²) >= 11 is 0. The lowest BCUT2D eigenvalue weighted by atomic mass is 9.49. The average molecular weight is 401 g/mol. The molecule has 4 rings (SSSR count). The minimum Gasteiger partial charge on any atom is -0.458 e. The van der Waals surface area contributed by atoms with E-state index in [9.17, 15) is 19.5 Å². The van der Waals surface area contributed by atoms with Gasteiger partial charge in [-0.3, -0.25) is 14.4 Å². The second-order valence-corrected chi connectivity index (χ2v) is 10.1. The molecule has 2 saturated carbocycles. The highest BCUT2D eigenvalue weighted by atomic mass is 16.5. The molecule has 1 unspecified atom stereocenters. The van der Waals surface area contributed by atoms with Gasteiger partial charge < -0.3 is 9.84 Å². The Kier molecular flexibility index (Phi) is 4.69. The van der Waals surface area contributed by atoms with Crippen molar-refractivity contribution in [2.45, 2.75) is 71.8 Å². The normalized spacial score (nSPS) is 43.5. The summed E-state index contributed by atoms with van der Waals surface area (Å²) in [6.45, 7) is 7.43. The standard InChI is InChI=1S/C24H32O5/c1-14-11-17-18(22(3)8-5-16(26)12-20(14)22)6-9-23(4)19(17)7-10-24(23,28)21(27)13-29-15(2)25/h6,12,14,17,19,28H,5,7-11,13H2,1-4H3/t14?,17-,19+,22-,23+,24+/m1/s1. The van der Waals surface area contributed by atoms with Crippen LogP contribution in [0, 0.1) is 28.6 Å². The predicted molar refractivity (Wildman–Crippen MR) is 108 cm³/mol. The number of esters is 1. The number of hydrogen-bond acceptors (Lipinski definition) is 5. The zero-order valence-electron chi connectivity index (χ0n) is 17.9. The molecular formula is C24H32O5. The van der Waals surface area contributed by atoms with Crippen LogP contribution in [0.15, 0.2) is 23.3 Å². The van der Waals surface area contributed by atoms with Gasteiger partial charge in [0.2, 0.25) is 5.78 Å². The quantitative estimate of drug-likeness (QED) is 0.579. The fourth-order valence-electron chi connectivity index (χ4n) is 7.03. The molecule has 0 radical (unpaired) electrons. The number of hydrogen-bond donors (Lipinski definition) is 1. The Morgan fingerprint density at radius 3 is 2.66 bits per heavy atom. The van der Waals surface area contributed by atoms with E-state index in [4.69, 9.17) is 4.74 Å². The first kappa shape index (κ1) is 20.5. The second-order valence-electron chi connectivity index (χ2n) is 10.1. The van der Waals surface area contributed by atoms with Gasteiger partial charge in [-0.2, -0.15) is 0 Å². The fraction of sp³-hybridized carbons (Fsp3) is 0.708. The number of carbonyl (C=O) groups excluding carboxylic acids is 3. The molecule has 0 aliphatic heterocycles. The number of Topliss-reactive ketones (excluding diaryl/α,β-unsaturated/α-hetero) is 1. The maximum atomic E-state index is 12.9. The third-order valence-electron chi connectivity index (χ3n) is 8.68. The van der Waals surface area contributed by atoms with Crippen molar-refractivity contribution in [2.75, 3.05) is 6.61 Å². The van der Waals surface area contributed by atoms with E-state index in [0.717, 1.165) is 19.3 Å². The molecule has 4 aliphatic rings. The third-order valence-corrected chi connectivity index (χ3v) is 8.68. The maximum absolute atomic E-state index is 12.9. The van der Waals surface area contributed by atoms with Crippen LogP contribution >= 0.6 is 0 Å². The smallest absolute Gasteiger partial charge is 0.303 e. The lowest BCUT2D eigenvalue weighted by Gasteiger charge is -2.56. The van der Waals surface area contributed by atoms with Gasteiger partial charge >= 0.3 is 5.97 Å². The molecule has 158 valence electrons. The first-order valence-corrected chi connectivity index (χ1v) is 10.9. The lowest BCUT2D eigenvalue weighted by Crippen LogP contribution is -2.56. The van der Waals surface area contributed by atoms with E-state index in [1.165, 1.54) is 18.1 Å². The molecule has 29 heavy (non-hydrogen) atoms. The zero-order valence-corrected chi connectivity index (χ0v) is 17.9. The van der Waals surface area contributed by atoms with E-state index >= 15 is 0 Å². The molecule has 0 saturated heterocycles. The van der Waals surface area contributed by atoms with Gasteiger partial charge in [-0.05, 0) is 55.9 Å². The Balaban J connectivity index is 1.70. The van der Waals surface area contributed by atoms with E-state index < -0.39 is 17.0 Å². The molecule has 2 fully saturated rings. The molecule has 0 bridgehead atoms. The van der Waals surface area contributed by atoms with Crippen molar-refractivity contribution in [3.63, 3.8) is 0 Å². The van der Waals surface area contributed by atoms with Gasteiger partial charge in [-0.1, -0.05) is 38.0 Å². The molecule has 0 spiro atoms. The van der Waals surface area contributed by atoms with Gasteiger partial charge in [-0.25, -0.2) is 0 Å². The number of ether oxygens (including phenoxy) is 1. The van der Waals surface area contributed by atoms with Crippen LogP contribution in [0.1, 0.15) is 66.2 Å². The fourth-order valence-corrected chi connectivity index (χ4v) is 7.03. The van der Waals surface area contributed by atoms with E-state index in [1.807, 2.05) is 13.0 Å². The summed E-state index contributed by atoms with van der Waals surface area (Å²) in [5.41, 5.74) is 0.575. The zero-order chi connectivity index (χ0) is 21.2. The maximum Gasteiger partial charge on any atom is 0.303 e. The van der Waals surface area contributed by atoms with Crippen LogP contribution in [-0.4, -0.2) is 34.9 Å². The highest BCUT2D eigenvalue weighted by molar-refractivity contribution is 5.92. The molecule has 1 N–H and O–H groups in total. The molecule has 0 aromatic rings. The second kappa shape index (κ2) is 6.63. The Hall–Kier alpha value is -1.75. The SMILES string of the molecule is CC(=O)OCC(=O)[C@@]1(O)CC[C@H]2[C@@H]3CC(C)C4=CC(=O)CC[C@]4(C)C3=CC[C@@]21C. The number of ketones is 2. The lowest BCUT2D eigenvalue weighted by molar-refractivity contribution is -0.162. The summed E-state index contributed by atoms with van der Waals surface area (Å²) in [5.74, 6) is 0.192. The van der Waals surface area contributed by atoms with Crippen LogP contribution in [0.5, 0.6) is 0 Å². The number of fused-ring (bicyclic) bond motifs is 5. The first-order chi connectivity index (χ1) is 13.5. The Bertz CT molecular complexity index is 838. The van der Waals surface area contributed by atoms with Crippen molar-refractivity contribution in [3.05, 3.63) is 23.3 Å². The third kappa shape index (κ3) is 2.80.